The maximum Gasteiger partial charge on any atom is 0.300 e. The largest absolute Gasteiger partial charge is 0.507 e. The van der Waals surface area contributed by atoms with Crippen molar-refractivity contribution in [1.82, 2.24) is 4.98 Å². The molecule has 1 aliphatic rings. The van der Waals surface area contributed by atoms with E-state index in [-0.39, 0.29) is 21.9 Å². The van der Waals surface area contributed by atoms with Crippen molar-refractivity contribution in [2.75, 3.05) is 12.0 Å². The minimum atomic E-state index is -0.924. The number of carbonyl (C=O) groups excluding carboxylic acids is 2. The monoisotopic (exact) mass is 506 g/mol. The lowest BCUT2D eigenvalue weighted by atomic mass is 9.94. The van der Waals surface area contributed by atoms with Gasteiger partial charge in [-0.25, -0.2) is 0 Å². The van der Waals surface area contributed by atoms with Crippen LogP contribution in [0.5, 0.6) is 5.75 Å². The average Bonchev–Trinajstić information content (AvgIpc) is 3.39. The summed E-state index contributed by atoms with van der Waals surface area (Å²) in [5, 5.41) is 12.9. The fourth-order valence-electron chi connectivity index (χ4n) is 4.40. The van der Waals surface area contributed by atoms with Gasteiger partial charge in [-0.2, -0.15) is 0 Å². The first-order valence-electron chi connectivity index (χ1n) is 10.8. The van der Waals surface area contributed by atoms with Crippen LogP contribution in [0.1, 0.15) is 22.7 Å². The topological polar surface area (TPSA) is 82.6 Å². The van der Waals surface area contributed by atoms with Crippen molar-refractivity contribution in [3.05, 3.63) is 99.2 Å². The average molecular weight is 507 g/mol. The Morgan fingerprint density at radius 1 is 1.03 bits per heavy atom. The minimum Gasteiger partial charge on any atom is -0.507 e. The molecule has 1 atom stereocenters. The Morgan fingerprint density at radius 3 is 2.54 bits per heavy atom. The van der Waals surface area contributed by atoms with Crippen LogP contribution in [0.3, 0.4) is 0 Å². The van der Waals surface area contributed by atoms with Gasteiger partial charge in [0.15, 0.2) is 0 Å². The summed E-state index contributed by atoms with van der Waals surface area (Å²) in [7, 11) is 1.49. The van der Waals surface area contributed by atoms with Gasteiger partial charge in [-0.05, 0) is 48.9 Å². The first-order valence-corrected chi connectivity index (χ1v) is 11.5. The summed E-state index contributed by atoms with van der Waals surface area (Å²) in [6, 6.07) is 16.5. The summed E-state index contributed by atoms with van der Waals surface area (Å²) in [5.41, 5.74) is 2.86. The van der Waals surface area contributed by atoms with Gasteiger partial charge in [-0.3, -0.25) is 14.5 Å². The number of aryl methyl sites for hydroxylation is 1. The SMILES string of the molecule is COc1ccc(Cl)c(/C(O)=C2\C(=O)C(=O)N(c3ccc(C)c(Cl)c3)C2c2c[nH]c3ccccc23)c1. The van der Waals surface area contributed by atoms with E-state index in [1.807, 2.05) is 31.2 Å². The highest BCUT2D eigenvalue weighted by atomic mass is 35.5. The number of H-pyrrole nitrogens is 1. The quantitative estimate of drug-likeness (QED) is 0.190. The molecule has 0 radical (unpaired) electrons. The Hall–Kier alpha value is -3.74. The van der Waals surface area contributed by atoms with Crippen LogP contribution in [0.15, 0.2) is 72.4 Å². The molecular formula is C27H20Cl2N2O4. The molecule has 1 aliphatic heterocycles. The van der Waals surface area contributed by atoms with Gasteiger partial charge in [0.1, 0.15) is 11.5 Å². The third kappa shape index (κ3) is 3.75. The van der Waals surface area contributed by atoms with Crippen LogP contribution in [0, 0.1) is 6.92 Å². The number of aromatic nitrogens is 1. The van der Waals surface area contributed by atoms with Gasteiger partial charge in [0.25, 0.3) is 11.7 Å². The van der Waals surface area contributed by atoms with Gasteiger partial charge in [0.2, 0.25) is 0 Å². The van der Waals surface area contributed by atoms with Gasteiger partial charge in [0.05, 0.1) is 23.7 Å². The number of hydrogen-bond donors (Lipinski definition) is 2. The van der Waals surface area contributed by atoms with Crippen LogP contribution < -0.4 is 9.64 Å². The number of nitrogens with zero attached hydrogens (tertiary/aromatic N) is 1. The number of methoxy groups -OCH3 is 1. The number of ketones is 1. The minimum absolute atomic E-state index is 0.0772. The summed E-state index contributed by atoms with van der Waals surface area (Å²) in [6.45, 7) is 1.85. The number of carbonyl (C=O) groups is 2. The van der Waals surface area contributed by atoms with Crippen molar-refractivity contribution >= 4 is 57.2 Å². The van der Waals surface area contributed by atoms with Crippen molar-refractivity contribution in [3.8, 4) is 5.75 Å². The number of para-hydroxylation sites is 1. The molecule has 1 saturated heterocycles. The Kier molecular flexibility index (Phi) is 5.79. The van der Waals surface area contributed by atoms with E-state index in [4.69, 9.17) is 27.9 Å². The lowest BCUT2D eigenvalue weighted by Gasteiger charge is -2.25. The Morgan fingerprint density at radius 2 is 1.80 bits per heavy atom. The fourth-order valence-corrected chi connectivity index (χ4v) is 4.78. The summed E-state index contributed by atoms with van der Waals surface area (Å²) in [6.07, 6.45) is 1.74. The van der Waals surface area contributed by atoms with Crippen molar-refractivity contribution in [3.63, 3.8) is 0 Å². The molecule has 2 N–H and O–H groups in total. The zero-order chi connectivity index (χ0) is 24.9. The molecule has 5 rings (SSSR count). The molecule has 1 fully saturated rings. The summed E-state index contributed by atoms with van der Waals surface area (Å²) >= 11 is 12.8. The molecule has 0 spiro atoms. The van der Waals surface area contributed by atoms with Crippen LogP contribution in [0.4, 0.5) is 5.69 Å². The molecule has 3 aromatic carbocycles. The Bertz CT molecular complexity index is 1540. The summed E-state index contributed by atoms with van der Waals surface area (Å²) < 4.78 is 5.27. The van der Waals surface area contributed by atoms with E-state index in [1.165, 1.54) is 18.1 Å². The van der Waals surface area contributed by atoms with E-state index in [2.05, 4.69) is 4.98 Å². The first kappa shape index (κ1) is 23.0. The van der Waals surface area contributed by atoms with Crippen molar-refractivity contribution in [2.24, 2.45) is 0 Å². The summed E-state index contributed by atoms with van der Waals surface area (Å²) in [4.78, 5) is 31.4. The zero-order valence-corrected chi connectivity index (χ0v) is 20.3. The fraction of sp³-hybridized carbons (Fsp3) is 0.111. The van der Waals surface area contributed by atoms with Gasteiger partial charge in [-0.1, -0.05) is 47.5 Å². The number of fused-ring (bicyclic) bond motifs is 1. The van der Waals surface area contributed by atoms with E-state index >= 15 is 0 Å². The van der Waals surface area contributed by atoms with E-state index in [0.29, 0.717) is 22.0 Å². The van der Waals surface area contributed by atoms with Gasteiger partial charge in [-0.15, -0.1) is 0 Å². The number of nitrogens with one attached hydrogen (secondary N) is 1. The third-order valence-electron chi connectivity index (χ3n) is 6.22. The predicted molar refractivity (Wildman–Crippen MR) is 137 cm³/mol. The predicted octanol–water partition coefficient (Wildman–Crippen LogP) is 6.42. The smallest absolute Gasteiger partial charge is 0.300 e. The molecule has 8 heteroatoms. The number of halogens is 2. The maximum atomic E-state index is 13.4. The lowest BCUT2D eigenvalue weighted by Crippen LogP contribution is -2.29. The number of anilines is 1. The number of Topliss-reactive ketones (excluding diaryl/α,β-unsaturated/α-hetero) is 1. The molecule has 4 aromatic rings. The second-order valence-corrected chi connectivity index (χ2v) is 9.05. The molecule has 0 saturated carbocycles. The first-order chi connectivity index (χ1) is 16.8. The van der Waals surface area contributed by atoms with Gasteiger partial charge >= 0.3 is 0 Å². The van der Waals surface area contributed by atoms with Crippen molar-refractivity contribution in [2.45, 2.75) is 13.0 Å². The second-order valence-electron chi connectivity index (χ2n) is 8.24. The van der Waals surface area contributed by atoms with Crippen LogP contribution in [0.25, 0.3) is 16.7 Å². The maximum absolute atomic E-state index is 13.4. The number of aromatic amines is 1. The number of amides is 1. The molecule has 0 aliphatic carbocycles. The molecule has 6 nitrogen and oxygen atoms in total. The molecule has 1 amide bonds. The molecule has 2 heterocycles. The molecule has 176 valence electrons. The molecule has 35 heavy (non-hydrogen) atoms. The molecule has 1 aromatic heterocycles. The number of ether oxygens (including phenoxy) is 1. The van der Waals surface area contributed by atoms with E-state index in [0.717, 1.165) is 16.5 Å². The molecular weight excluding hydrogens is 487 g/mol. The van der Waals surface area contributed by atoms with Crippen LogP contribution in [-0.2, 0) is 9.59 Å². The lowest BCUT2D eigenvalue weighted by molar-refractivity contribution is -0.132. The molecule has 0 bridgehead atoms. The van der Waals surface area contributed by atoms with Crippen LogP contribution in [-0.4, -0.2) is 28.9 Å². The van der Waals surface area contributed by atoms with Crippen LogP contribution in [0.2, 0.25) is 10.0 Å². The number of aliphatic hydroxyl groups is 1. The van der Waals surface area contributed by atoms with Crippen molar-refractivity contribution < 1.29 is 19.4 Å². The number of aliphatic hydroxyl groups excluding tert-OH is 1. The normalized spacial score (nSPS) is 17.4. The van der Waals surface area contributed by atoms with E-state index in [9.17, 15) is 14.7 Å². The Balaban J connectivity index is 1.80. The van der Waals surface area contributed by atoms with E-state index < -0.39 is 17.7 Å². The third-order valence-corrected chi connectivity index (χ3v) is 6.96. The highest BCUT2D eigenvalue weighted by Crippen LogP contribution is 2.45. The number of hydrogen-bond acceptors (Lipinski definition) is 4. The molecule has 1 unspecified atom stereocenters. The van der Waals surface area contributed by atoms with E-state index in [1.54, 1.807) is 36.5 Å². The number of benzene rings is 3. The van der Waals surface area contributed by atoms with Gasteiger partial charge in [0, 0.05) is 38.9 Å². The summed E-state index contributed by atoms with van der Waals surface area (Å²) in [5.74, 6) is -1.54. The van der Waals surface area contributed by atoms with Crippen molar-refractivity contribution in [1.29, 1.82) is 0 Å². The second kappa shape index (κ2) is 8.80. The van der Waals surface area contributed by atoms with Crippen LogP contribution >= 0.6 is 23.2 Å². The highest BCUT2D eigenvalue weighted by molar-refractivity contribution is 6.52. The standard InChI is InChI=1S/C27H20Cl2N2O4/c1-14-7-8-15(11-21(14)29)31-24(19-13-30-22-6-4-3-5-17(19)22)23(26(33)27(31)34)25(32)18-12-16(35-2)9-10-20(18)28/h3-13,24,30,32H,1-2H3/b25-23+. The van der Waals surface area contributed by atoms with Gasteiger partial charge < -0.3 is 14.8 Å². The Labute approximate surface area is 211 Å². The highest BCUT2D eigenvalue weighted by Gasteiger charge is 2.48. The zero-order valence-electron chi connectivity index (χ0n) is 18.8. The number of rotatable bonds is 4.